The lowest BCUT2D eigenvalue weighted by molar-refractivity contribution is 0.210. The molecule has 0 atom stereocenters. The Kier molecular flexibility index (Phi) is 6.64. The summed E-state index contributed by atoms with van der Waals surface area (Å²) in [6.07, 6.45) is 2.30. The molecular formula is C14H17Cl2N5O. The number of methoxy groups -OCH3 is 1. The van der Waals surface area contributed by atoms with Crippen LogP contribution in [0, 0.1) is 0 Å². The number of halogens is 2. The zero-order chi connectivity index (χ0) is 15.8. The van der Waals surface area contributed by atoms with Gasteiger partial charge in [-0.3, -0.25) is 0 Å². The number of rotatable bonds is 8. The zero-order valence-corrected chi connectivity index (χ0v) is 13.7. The molecule has 1 aromatic carbocycles. The van der Waals surface area contributed by atoms with Gasteiger partial charge in [-0.05, 0) is 24.1 Å². The topological polar surface area (TPSA) is 72.0 Å². The van der Waals surface area contributed by atoms with E-state index in [1.807, 2.05) is 12.1 Å². The van der Waals surface area contributed by atoms with Crippen LogP contribution in [-0.4, -0.2) is 42.0 Å². The molecule has 0 saturated carbocycles. The lowest BCUT2D eigenvalue weighted by atomic mass is 10.1. The van der Waals surface area contributed by atoms with Crippen molar-refractivity contribution in [2.75, 3.05) is 37.4 Å². The predicted molar refractivity (Wildman–Crippen MR) is 88.8 cm³/mol. The van der Waals surface area contributed by atoms with Crippen molar-refractivity contribution >= 4 is 35.0 Å². The fourth-order valence-corrected chi connectivity index (χ4v) is 2.28. The second-order valence-electron chi connectivity index (χ2n) is 4.50. The Morgan fingerprint density at radius 2 is 2.05 bits per heavy atom. The van der Waals surface area contributed by atoms with Gasteiger partial charge in [0.05, 0.1) is 12.8 Å². The van der Waals surface area contributed by atoms with E-state index < -0.39 is 0 Å². The minimum Gasteiger partial charge on any atom is -0.383 e. The maximum atomic E-state index is 6.13. The van der Waals surface area contributed by atoms with Gasteiger partial charge >= 0.3 is 0 Å². The van der Waals surface area contributed by atoms with Crippen molar-refractivity contribution in [1.29, 1.82) is 0 Å². The van der Waals surface area contributed by atoms with E-state index in [0.717, 1.165) is 12.0 Å². The quantitative estimate of drug-likeness (QED) is 0.719. The van der Waals surface area contributed by atoms with Gasteiger partial charge in [-0.15, -0.1) is 5.10 Å². The molecule has 118 valence electrons. The number of benzene rings is 1. The summed E-state index contributed by atoms with van der Waals surface area (Å²) in [4.78, 5) is 4.31. The van der Waals surface area contributed by atoms with Gasteiger partial charge in [-0.25, -0.2) is 0 Å². The molecule has 6 nitrogen and oxygen atoms in total. The molecule has 0 bridgehead atoms. The Balaban J connectivity index is 1.84. The van der Waals surface area contributed by atoms with Crippen LogP contribution in [-0.2, 0) is 11.2 Å². The highest BCUT2D eigenvalue weighted by atomic mass is 35.5. The van der Waals surface area contributed by atoms with Crippen molar-refractivity contribution in [3.05, 3.63) is 40.0 Å². The van der Waals surface area contributed by atoms with Crippen LogP contribution in [0.5, 0.6) is 0 Å². The third-order valence-electron chi connectivity index (χ3n) is 2.86. The van der Waals surface area contributed by atoms with Crippen molar-refractivity contribution in [2.24, 2.45) is 0 Å². The predicted octanol–water partition coefficient (Wildman–Crippen LogP) is 2.89. The number of hydrogen-bond donors (Lipinski definition) is 2. The van der Waals surface area contributed by atoms with Gasteiger partial charge in [0, 0.05) is 30.2 Å². The molecular weight excluding hydrogens is 325 g/mol. The molecule has 8 heteroatoms. The maximum Gasteiger partial charge on any atom is 0.244 e. The normalized spacial score (nSPS) is 10.5. The largest absolute Gasteiger partial charge is 0.383 e. The molecule has 22 heavy (non-hydrogen) atoms. The Labute approximate surface area is 139 Å². The first-order valence-electron chi connectivity index (χ1n) is 6.79. The zero-order valence-electron chi connectivity index (χ0n) is 12.1. The second kappa shape index (κ2) is 8.73. The molecule has 0 spiro atoms. The second-order valence-corrected chi connectivity index (χ2v) is 5.34. The summed E-state index contributed by atoms with van der Waals surface area (Å²) in [6.45, 7) is 1.90. The Morgan fingerprint density at radius 1 is 1.18 bits per heavy atom. The van der Waals surface area contributed by atoms with Gasteiger partial charge < -0.3 is 15.4 Å². The number of aromatic nitrogens is 3. The molecule has 0 unspecified atom stereocenters. The van der Waals surface area contributed by atoms with E-state index in [4.69, 9.17) is 27.9 Å². The third-order valence-corrected chi connectivity index (χ3v) is 3.45. The van der Waals surface area contributed by atoms with Crippen LogP contribution in [0.2, 0.25) is 10.0 Å². The molecule has 0 amide bonds. The van der Waals surface area contributed by atoms with Gasteiger partial charge in [0.25, 0.3) is 0 Å². The molecule has 0 fully saturated rings. The molecule has 2 aromatic rings. The van der Waals surface area contributed by atoms with Gasteiger partial charge in [0.2, 0.25) is 5.95 Å². The molecule has 0 saturated heterocycles. The molecule has 0 aliphatic rings. The first-order chi connectivity index (χ1) is 10.7. The maximum absolute atomic E-state index is 6.13. The van der Waals surface area contributed by atoms with Crippen molar-refractivity contribution in [3.63, 3.8) is 0 Å². The lowest BCUT2D eigenvalue weighted by Crippen LogP contribution is -2.13. The third kappa shape index (κ3) is 5.29. The highest BCUT2D eigenvalue weighted by molar-refractivity contribution is 6.35. The average molecular weight is 342 g/mol. The first-order valence-corrected chi connectivity index (χ1v) is 7.55. The van der Waals surface area contributed by atoms with Crippen LogP contribution < -0.4 is 10.6 Å². The summed E-state index contributed by atoms with van der Waals surface area (Å²) in [6, 6.07) is 5.46. The standard InChI is InChI=1S/C14H17Cl2N5O/c1-22-7-6-17-13-9-19-21-14(20-13)18-5-4-10-2-3-11(15)8-12(10)16/h2-3,8-9H,4-7H2,1H3,(H2,17,18,20,21). The van der Waals surface area contributed by atoms with Crippen LogP contribution in [0.15, 0.2) is 24.4 Å². The van der Waals surface area contributed by atoms with Crippen LogP contribution >= 0.6 is 23.2 Å². The van der Waals surface area contributed by atoms with E-state index in [1.165, 1.54) is 0 Å². The first kappa shape index (κ1) is 16.7. The monoisotopic (exact) mass is 341 g/mol. The van der Waals surface area contributed by atoms with Crippen LogP contribution in [0.3, 0.4) is 0 Å². The van der Waals surface area contributed by atoms with E-state index in [0.29, 0.717) is 41.5 Å². The van der Waals surface area contributed by atoms with Crippen molar-refractivity contribution in [3.8, 4) is 0 Å². The van der Waals surface area contributed by atoms with E-state index in [1.54, 1.807) is 19.4 Å². The van der Waals surface area contributed by atoms with E-state index in [9.17, 15) is 0 Å². The number of anilines is 2. The molecule has 0 aliphatic carbocycles. The van der Waals surface area contributed by atoms with Gasteiger partial charge in [0.15, 0.2) is 5.82 Å². The molecule has 2 rings (SSSR count). The summed E-state index contributed by atoms with van der Waals surface area (Å²) in [5.41, 5.74) is 1.01. The van der Waals surface area contributed by atoms with Gasteiger partial charge in [0.1, 0.15) is 0 Å². The lowest BCUT2D eigenvalue weighted by Gasteiger charge is -2.08. The van der Waals surface area contributed by atoms with E-state index in [2.05, 4.69) is 25.8 Å². The Bertz CT molecular complexity index is 612. The number of ether oxygens (including phenoxy) is 1. The van der Waals surface area contributed by atoms with E-state index in [-0.39, 0.29) is 0 Å². The van der Waals surface area contributed by atoms with Crippen molar-refractivity contribution in [1.82, 2.24) is 15.2 Å². The average Bonchev–Trinajstić information content (AvgIpc) is 2.50. The summed E-state index contributed by atoms with van der Waals surface area (Å²) >= 11 is 12.0. The number of nitrogens with zero attached hydrogens (tertiary/aromatic N) is 3. The Morgan fingerprint density at radius 3 is 2.82 bits per heavy atom. The molecule has 2 N–H and O–H groups in total. The molecule has 1 heterocycles. The highest BCUT2D eigenvalue weighted by Crippen LogP contribution is 2.21. The Hall–Kier alpha value is -1.63. The van der Waals surface area contributed by atoms with Crippen molar-refractivity contribution in [2.45, 2.75) is 6.42 Å². The minimum absolute atomic E-state index is 0.465. The van der Waals surface area contributed by atoms with E-state index >= 15 is 0 Å². The number of hydrogen-bond acceptors (Lipinski definition) is 6. The van der Waals surface area contributed by atoms with Gasteiger partial charge in [-0.2, -0.15) is 10.1 Å². The van der Waals surface area contributed by atoms with Crippen molar-refractivity contribution < 1.29 is 4.74 Å². The highest BCUT2D eigenvalue weighted by Gasteiger charge is 2.03. The van der Waals surface area contributed by atoms with Crippen LogP contribution in [0.4, 0.5) is 11.8 Å². The summed E-state index contributed by atoms with van der Waals surface area (Å²) in [7, 11) is 1.65. The fraction of sp³-hybridized carbons (Fsp3) is 0.357. The number of nitrogens with one attached hydrogen (secondary N) is 2. The summed E-state index contributed by atoms with van der Waals surface area (Å²) < 4.78 is 4.96. The molecule has 0 radical (unpaired) electrons. The van der Waals surface area contributed by atoms with Crippen LogP contribution in [0.1, 0.15) is 5.56 Å². The summed E-state index contributed by atoms with van der Waals surface area (Å²) in [5.74, 6) is 1.12. The van der Waals surface area contributed by atoms with Crippen LogP contribution in [0.25, 0.3) is 0 Å². The minimum atomic E-state index is 0.465. The molecule has 0 aliphatic heterocycles. The fourth-order valence-electron chi connectivity index (χ4n) is 1.78. The SMILES string of the molecule is COCCNc1cnnc(NCCc2ccc(Cl)cc2Cl)n1. The van der Waals surface area contributed by atoms with Gasteiger partial charge in [-0.1, -0.05) is 29.3 Å². The summed E-state index contributed by atoms with van der Waals surface area (Å²) in [5, 5.41) is 15.3. The molecule has 1 aromatic heterocycles. The smallest absolute Gasteiger partial charge is 0.244 e.